The summed E-state index contributed by atoms with van der Waals surface area (Å²) in [5, 5.41) is 1.43. The molecule has 510 valence electrons. The fourth-order valence-corrected chi connectivity index (χ4v) is 15.4. The van der Waals surface area contributed by atoms with E-state index in [9.17, 15) is 9.59 Å². The Balaban J connectivity index is 0.824. The number of fused-ring (bicyclic) bond motifs is 7. The number of para-hydroxylation sites is 4. The zero-order valence-corrected chi connectivity index (χ0v) is 58.4. The fourth-order valence-electron chi connectivity index (χ4n) is 15.4. The molecule has 2 aliphatic heterocycles. The van der Waals surface area contributed by atoms with Gasteiger partial charge in [-0.15, -0.1) is 0 Å². The molecule has 0 saturated heterocycles. The molecule has 0 saturated carbocycles. The van der Waals surface area contributed by atoms with Crippen molar-refractivity contribution < 1.29 is 19.1 Å². The second kappa shape index (κ2) is 27.7. The highest BCUT2D eigenvalue weighted by Crippen LogP contribution is 2.47. The molecule has 0 atom stereocenters. The van der Waals surface area contributed by atoms with Crippen molar-refractivity contribution >= 4 is 91.0 Å². The van der Waals surface area contributed by atoms with Gasteiger partial charge >= 0.3 is 11.9 Å². The van der Waals surface area contributed by atoms with Gasteiger partial charge in [-0.25, -0.2) is 29.5 Å². The number of anilines is 6. The Bertz CT molecular complexity index is 6030. The summed E-state index contributed by atoms with van der Waals surface area (Å²) in [6, 6.07) is 124. The van der Waals surface area contributed by atoms with E-state index in [-0.39, 0.29) is 19.9 Å². The van der Waals surface area contributed by atoms with Crippen LogP contribution in [0.4, 0.5) is 34.1 Å². The van der Waals surface area contributed by atoms with Crippen LogP contribution in [-0.2, 0) is 22.7 Å². The van der Waals surface area contributed by atoms with Crippen LogP contribution in [0.3, 0.4) is 0 Å². The van der Waals surface area contributed by atoms with Crippen molar-refractivity contribution in [2.45, 2.75) is 13.2 Å². The first-order valence-corrected chi connectivity index (χ1v) is 36.1. The molecule has 17 aromatic rings. The van der Waals surface area contributed by atoms with Crippen molar-refractivity contribution in [2.24, 2.45) is 0 Å². The molecule has 14 aromatic carbocycles. The molecule has 0 N–H and O–H groups in total. The number of benzene rings is 14. The predicted octanol–water partition coefficient (Wildman–Crippen LogP) is 20.8. The largest absolute Gasteiger partial charge is 0.457 e. The van der Waals surface area contributed by atoms with Crippen LogP contribution in [0.2, 0.25) is 0 Å². The molecule has 0 fully saturated rings. The van der Waals surface area contributed by atoms with Gasteiger partial charge < -0.3 is 23.8 Å². The molecular weight excluding hydrogens is 1330 g/mol. The van der Waals surface area contributed by atoms with Crippen LogP contribution in [0.25, 0.3) is 106 Å². The third kappa shape index (κ3) is 12.0. The lowest BCUT2D eigenvalue weighted by molar-refractivity contribution is 0.0464. The van der Waals surface area contributed by atoms with Gasteiger partial charge in [0.05, 0.1) is 50.6 Å². The van der Waals surface area contributed by atoms with Crippen molar-refractivity contribution in [3.8, 4) is 84.6 Å². The molecule has 11 nitrogen and oxygen atoms in total. The number of aromatic nitrogens is 5. The first kappa shape index (κ1) is 64.5. The molecule has 12 heteroatoms. The van der Waals surface area contributed by atoms with Crippen molar-refractivity contribution in [1.82, 2.24) is 24.5 Å². The van der Waals surface area contributed by atoms with Crippen molar-refractivity contribution in [1.29, 1.82) is 0 Å². The lowest BCUT2D eigenvalue weighted by Crippen LogP contribution is -2.61. The summed E-state index contributed by atoms with van der Waals surface area (Å²) in [4.78, 5) is 55.4. The standard InChI is InChI=1S/C96H64BN7O4/c105-95(107-61-63-27-8-1-9-28-63)71-48-51-85-76(55-71)77-56-72(96(106)108-62-64-29-10-2-11-30-64)49-52-86(77)104(85)87-50-47-69(83-59-81(65-31-12-3-13-32-65)98-93(100-83)67-35-16-5-17-36-67)54-78(87)84-60-82(66-33-14-4-15-34-66)99-94(101-84)70-38-26-37-68(53-70)73-57-90-92-91(58-73)103(75-41-20-7-21-42-75)89-46-25-23-44-80(89)97(92)79-43-22-24-45-88(79)102(90)74-39-18-6-19-40-74/h1-60H,61-62H2. The number of nitrogens with zero attached hydrogens (tertiary/aromatic N) is 7. The molecule has 108 heavy (non-hydrogen) atoms. The summed E-state index contributed by atoms with van der Waals surface area (Å²) in [6.07, 6.45) is 0. The molecule has 0 unspecified atom stereocenters. The average molecular weight is 1390 g/mol. The second-order valence-corrected chi connectivity index (χ2v) is 27.1. The maximum Gasteiger partial charge on any atom is 0.338 e. The van der Waals surface area contributed by atoms with E-state index in [0.29, 0.717) is 50.6 Å². The van der Waals surface area contributed by atoms with Crippen LogP contribution in [-0.4, -0.2) is 43.2 Å². The summed E-state index contributed by atoms with van der Waals surface area (Å²) in [5.74, 6) is 0.105. The number of carbonyl (C=O) groups excluding carboxylic acids is 2. The molecular formula is C96H64BN7O4. The van der Waals surface area contributed by atoms with Crippen molar-refractivity contribution in [2.75, 3.05) is 9.80 Å². The van der Waals surface area contributed by atoms with Crippen LogP contribution < -0.4 is 26.2 Å². The first-order valence-electron chi connectivity index (χ1n) is 36.1. The SMILES string of the molecule is O=C(OCc1ccccc1)c1ccc2c(c1)c1cc(C(=O)OCc3ccccc3)ccc1n2-c1ccc(-c2cc(-c3ccccc3)nc(-c3ccccc3)n2)cc1-c1cc(-c2ccccc2)nc(-c2cccc(-c3cc4c5c(c3)N(c3ccccc3)c3ccccc3B5c3ccccc3N4c3ccccc3)c2)n1. The number of ether oxygens (including phenoxy) is 2. The number of rotatable bonds is 16. The first-order chi connectivity index (χ1) is 53.4. The Labute approximate surface area is 624 Å². The van der Waals surface area contributed by atoms with Gasteiger partial charge in [0.15, 0.2) is 11.6 Å². The maximum absolute atomic E-state index is 14.3. The summed E-state index contributed by atoms with van der Waals surface area (Å²) >= 11 is 0. The fraction of sp³-hybridized carbons (Fsp3) is 0.0208. The molecule has 2 aliphatic rings. The third-order valence-corrected chi connectivity index (χ3v) is 20.5. The van der Waals surface area contributed by atoms with E-state index >= 15 is 0 Å². The zero-order chi connectivity index (χ0) is 72.0. The molecule has 0 amide bonds. The minimum absolute atomic E-state index is 0.0507. The summed E-state index contributed by atoms with van der Waals surface area (Å²) < 4.78 is 14.2. The summed E-state index contributed by atoms with van der Waals surface area (Å²) in [5.41, 5.74) is 24.8. The normalized spacial score (nSPS) is 12.0. The maximum atomic E-state index is 14.3. The quantitative estimate of drug-likeness (QED) is 0.0684. The van der Waals surface area contributed by atoms with Gasteiger partial charge in [0.25, 0.3) is 6.71 Å². The molecule has 0 aliphatic carbocycles. The van der Waals surface area contributed by atoms with E-state index < -0.39 is 11.9 Å². The topological polar surface area (TPSA) is 116 Å². The van der Waals surface area contributed by atoms with E-state index in [2.05, 4.69) is 215 Å². The van der Waals surface area contributed by atoms with E-state index in [4.69, 9.17) is 29.4 Å². The van der Waals surface area contributed by atoms with Crippen LogP contribution in [0.15, 0.2) is 364 Å². The Morgan fingerprint density at radius 3 is 1.21 bits per heavy atom. The number of hydrogen-bond acceptors (Lipinski definition) is 10. The Hall–Kier alpha value is -14.4. The Morgan fingerprint density at radius 1 is 0.296 bits per heavy atom. The number of carbonyl (C=O) groups is 2. The molecule has 0 spiro atoms. The van der Waals surface area contributed by atoms with Gasteiger partial charge in [0, 0.05) is 78.3 Å². The van der Waals surface area contributed by atoms with Crippen LogP contribution in [0, 0.1) is 0 Å². The van der Waals surface area contributed by atoms with Gasteiger partial charge in [-0.1, -0.05) is 249 Å². The molecule has 19 rings (SSSR count). The van der Waals surface area contributed by atoms with Crippen LogP contribution in [0.1, 0.15) is 31.8 Å². The minimum Gasteiger partial charge on any atom is -0.457 e. The summed E-state index contributed by atoms with van der Waals surface area (Å²) in [7, 11) is 0. The van der Waals surface area contributed by atoms with Crippen molar-refractivity contribution in [3.05, 3.63) is 386 Å². The molecule has 5 heterocycles. The van der Waals surface area contributed by atoms with E-state index in [0.717, 1.165) is 112 Å². The second-order valence-electron chi connectivity index (χ2n) is 27.1. The Kier molecular flexibility index (Phi) is 16.5. The molecule has 3 aromatic heterocycles. The smallest absolute Gasteiger partial charge is 0.338 e. The third-order valence-electron chi connectivity index (χ3n) is 20.5. The van der Waals surface area contributed by atoms with Gasteiger partial charge in [0.1, 0.15) is 13.2 Å². The van der Waals surface area contributed by atoms with Gasteiger partial charge in [-0.05, 0) is 154 Å². The van der Waals surface area contributed by atoms with Crippen LogP contribution in [0.5, 0.6) is 0 Å². The van der Waals surface area contributed by atoms with E-state index in [1.807, 2.05) is 152 Å². The monoisotopic (exact) mass is 1390 g/mol. The molecule has 0 bridgehead atoms. The summed E-state index contributed by atoms with van der Waals surface area (Å²) in [6.45, 7) is 0.136. The Morgan fingerprint density at radius 2 is 0.704 bits per heavy atom. The van der Waals surface area contributed by atoms with Gasteiger partial charge in [0.2, 0.25) is 0 Å². The average Bonchev–Trinajstić information content (AvgIpc) is 1.03. The highest BCUT2D eigenvalue weighted by atomic mass is 16.5. The highest BCUT2D eigenvalue weighted by Gasteiger charge is 2.43. The lowest BCUT2D eigenvalue weighted by Gasteiger charge is -2.44. The molecule has 0 radical (unpaired) electrons. The lowest BCUT2D eigenvalue weighted by atomic mass is 9.33. The number of esters is 2. The van der Waals surface area contributed by atoms with Crippen molar-refractivity contribution in [3.63, 3.8) is 0 Å². The zero-order valence-electron chi connectivity index (χ0n) is 58.4. The van der Waals surface area contributed by atoms with Crippen LogP contribution >= 0.6 is 0 Å². The minimum atomic E-state index is -0.486. The van der Waals surface area contributed by atoms with E-state index in [1.165, 1.54) is 16.4 Å². The van der Waals surface area contributed by atoms with E-state index in [1.54, 1.807) is 12.1 Å². The highest BCUT2D eigenvalue weighted by molar-refractivity contribution is 7.00. The predicted molar refractivity (Wildman–Crippen MR) is 435 cm³/mol. The number of hydrogen-bond donors (Lipinski definition) is 0. The van der Waals surface area contributed by atoms with Gasteiger partial charge in [-0.3, -0.25) is 0 Å². The van der Waals surface area contributed by atoms with Gasteiger partial charge in [-0.2, -0.15) is 0 Å².